The predicted molar refractivity (Wildman–Crippen MR) is 96.5 cm³/mol. The van der Waals surface area contributed by atoms with Crippen molar-refractivity contribution in [2.24, 2.45) is 5.10 Å². The van der Waals surface area contributed by atoms with Crippen molar-refractivity contribution in [3.63, 3.8) is 0 Å². The van der Waals surface area contributed by atoms with E-state index in [9.17, 15) is 4.79 Å². The third-order valence-electron chi connectivity index (χ3n) is 4.12. The van der Waals surface area contributed by atoms with Gasteiger partial charge >= 0.3 is 0 Å². The molecule has 1 amide bonds. The fourth-order valence-corrected chi connectivity index (χ4v) is 3.69. The lowest BCUT2D eigenvalue weighted by Gasteiger charge is -2.21. The molecule has 2 aromatic heterocycles. The molecule has 1 aliphatic rings. The molecular weight excluding hydrogens is 336 g/mol. The molecule has 4 rings (SSSR count). The molecule has 0 radical (unpaired) electrons. The van der Waals surface area contributed by atoms with Gasteiger partial charge in [-0.3, -0.25) is 14.8 Å². The maximum atomic E-state index is 12.5. The molecule has 1 aliphatic heterocycles. The van der Waals surface area contributed by atoms with E-state index in [4.69, 9.17) is 4.74 Å². The summed E-state index contributed by atoms with van der Waals surface area (Å²) in [5, 5.41) is 8.13. The molecule has 0 saturated carbocycles. The van der Waals surface area contributed by atoms with Crippen LogP contribution in [0.2, 0.25) is 0 Å². The van der Waals surface area contributed by atoms with Gasteiger partial charge in [-0.1, -0.05) is 12.1 Å². The molecule has 0 saturated heterocycles. The first-order valence-corrected chi connectivity index (χ1v) is 8.77. The number of hydrogen-bond acceptors (Lipinski definition) is 6. The highest BCUT2D eigenvalue weighted by molar-refractivity contribution is 7.12. The number of rotatable bonds is 4. The number of hydrogen-bond donors (Lipinski definition) is 0. The van der Waals surface area contributed by atoms with E-state index in [1.165, 1.54) is 12.1 Å². The predicted octanol–water partition coefficient (Wildman–Crippen LogP) is 3.02. The van der Waals surface area contributed by atoms with Crippen molar-refractivity contribution >= 4 is 34.0 Å². The number of hydrazone groups is 1. The van der Waals surface area contributed by atoms with Gasteiger partial charge < -0.3 is 4.74 Å². The summed E-state index contributed by atoms with van der Waals surface area (Å²) >= 11 is 1.62. The Morgan fingerprint density at radius 2 is 2.12 bits per heavy atom. The summed E-state index contributed by atoms with van der Waals surface area (Å²) in [6, 6.07) is 9.75. The summed E-state index contributed by atoms with van der Waals surface area (Å²) in [7, 11) is 1.51. The van der Waals surface area contributed by atoms with Crippen LogP contribution in [-0.4, -0.2) is 40.3 Å². The first-order valence-electron chi connectivity index (χ1n) is 7.89. The number of carbonyl (C=O) groups excluding carboxylic acids is 1. The van der Waals surface area contributed by atoms with Crippen LogP contribution in [0.25, 0.3) is 11.0 Å². The second-order valence-electron chi connectivity index (χ2n) is 5.72. The van der Waals surface area contributed by atoms with Crippen molar-refractivity contribution in [3.05, 3.63) is 58.5 Å². The lowest BCUT2D eigenvalue weighted by atomic mass is 10.0. The van der Waals surface area contributed by atoms with Gasteiger partial charge in [0.2, 0.25) is 0 Å². The van der Waals surface area contributed by atoms with Gasteiger partial charge in [-0.25, -0.2) is 5.01 Å². The number of carbonyl (C=O) groups is 1. The number of aromatic nitrogens is 2. The maximum Gasteiger partial charge on any atom is 0.269 e. The molecule has 1 atom stereocenters. The first-order chi connectivity index (χ1) is 12.3. The van der Waals surface area contributed by atoms with Crippen molar-refractivity contribution in [1.29, 1.82) is 0 Å². The van der Waals surface area contributed by atoms with Gasteiger partial charge in [0.25, 0.3) is 5.91 Å². The monoisotopic (exact) mass is 352 g/mol. The van der Waals surface area contributed by atoms with Crippen LogP contribution in [0.3, 0.4) is 0 Å². The number of benzene rings is 1. The lowest BCUT2D eigenvalue weighted by Crippen LogP contribution is -2.30. The van der Waals surface area contributed by atoms with Crippen molar-refractivity contribution < 1.29 is 9.53 Å². The van der Waals surface area contributed by atoms with Gasteiger partial charge in [0, 0.05) is 25.9 Å². The van der Waals surface area contributed by atoms with Crippen molar-refractivity contribution in [1.82, 2.24) is 15.0 Å². The van der Waals surface area contributed by atoms with Crippen LogP contribution >= 0.6 is 11.3 Å². The van der Waals surface area contributed by atoms with Crippen LogP contribution in [0.4, 0.5) is 0 Å². The number of nitrogens with zero attached hydrogens (tertiary/aromatic N) is 4. The Hall–Kier alpha value is -2.64. The van der Waals surface area contributed by atoms with E-state index < -0.39 is 0 Å². The SMILES string of the molecule is COCC(=O)N1N=C(c2cccs2)CC1c1ccc2nccnc2c1. The molecule has 0 fully saturated rings. The van der Waals surface area contributed by atoms with Crippen molar-refractivity contribution in [2.75, 3.05) is 13.7 Å². The van der Waals surface area contributed by atoms with Crippen LogP contribution in [0, 0.1) is 0 Å². The zero-order valence-corrected chi connectivity index (χ0v) is 14.4. The van der Waals surface area contributed by atoms with Gasteiger partial charge in [0.05, 0.1) is 27.7 Å². The molecule has 0 bridgehead atoms. The summed E-state index contributed by atoms with van der Waals surface area (Å²) in [4.78, 5) is 22.2. The number of fused-ring (bicyclic) bond motifs is 1. The zero-order valence-electron chi connectivity index (χ0n) is 13.6. The molecule has 0 spiro atoms. The Morgan fingerprint density at radius 3 is 2.88 bits per heavy atom. The smallest absolute Gasteiger partial charge is 0.269 e. The maximum absolute atomic E-state index is 12.5. The summed E-state index contributed by atoms with van der Waals surface area (Å²) < 4.78 is 5.02. The third-order valence-corrected chi connectivity index (χ3v) is 5.04. The molecule has 1 unspecified atom stereocenters. The van der Waals surface area contributed by atoms with Gasteiger partial charge in [0.15, 0.2) is 0 Å². The third kappa shape index (κ3) is 3.04. The molecule has 25 heavy (non-hydrogen) atoms. The van der Waals surface area contributed by atoms with Crippen LogP contribution in [-0.2, 0) is 9.53 Å². The highest BCUT2D eigenvalue weighted by Crippen LogP contribution is 2.34. The number of amides is 1. The summed E-state index contributed by atoms with van der Waals surface area (Å²) in [5.41, 5.74) is 3.55. The lowest BCUT2D eigenvalue weighted by molar-refractivity contribution is -0.136. The van der Waals surface area contributed by atoms with Crippen molar-refractivity contribution in [3.8, 4) is 0 Å². The van der Waals surface area contributed by atoms with Gasteiger partial charge in [-0.15, -0.1) is 11.3 Å². The Balaban J connectivity index is 1.71. The highest BCUT2D eigenvalue weighted by atomic mass is 32.1. The standard InChI is InChI=1S/C18H16N4O2S/c1-24-11-18(23)22-16(10-15(21-22)17-3-2-8-25-17)12-4-5-13-14(9-12)20-7-6-19-13/h2-9,16H,10-11H2,1H3. The van der Waals surface area contributed by atoms with Gasteiger partial charge in [-0.05, 0) is 29.1 Å². The fourth-order valence-electron chi connectivity index (χ4n) is 2.97. The molecule has 3 aromatic rings. The molecule has 1 aromatic carbocycles. The first kappa shape index (κ1) is 15.9. The average Bonchev–Trinajstić information content (AvgIpc) is 3.31. The average molecular weight is 352 g/mol. The summed E-state index contributed by atoms with van der Waals surface area (Å²) in [5.74, 6) is -0.154. The fraction of sp³-hybridized carbons (Fsp3) is 0.222. The van der Waals surface area contributed by atoms with Crippen LogP contribution in [0.1, 0.15) is 22.9 Å². The minimum atomic E-state index is -0.161. The van der Waals surface area contributed by atoms with E-state index in [1.54, 1.807) is 23.7 Å². The highest BCUT2D eigenvalue weighted by Gasteiger charge is 2.33. The second kappa shape index (κ2) is 6.70. The van der Waals surface area contributed by atoms with Crippen LogP contribution in [0.5, 0.6) is 0 Å². The molecule has 3 heterocycles. The second-order valence-corrected chi connectivity index (χ2v) is 6.67. The number of ether oxygens (including phenoxy) is 1. The number of methoxy groups -OCH3 is 1. The van der Waals surface area contributed by atoms with E-state index >= 15 is 0 Å². The molecule has 0 N–H and O–H groups in total. The Bertz CT molecular complexity index is 939. The molecule has 0 aliphatic carbocycles. The van der Waals surface area contributed by atoms with E-state index in [0.717, 1.165) is 27.2 Å². The van der Waals surface area contributed by atoms with E-state index in [-0.39, 0.29) is 18.6 Å². The Kier molecular flexibility index (Phi) is 4.25. The Labute approximate surface area is 148 Å². The minimum Gasteiger partial charge on any atom is -0.375 e. The van der Waals surface area contributed by atoms with Gasteiger partial charge in [0.1, 0.15) is 6.61 Å². The normalized spacial score (nSPS) is 17.1. The molecule has 126 valence electrons. The quantitative estimate of drug-likeness (QED) is 0.724. The van der Waals surface area contributed by atoms with Crippen LogP contribution in [0.15, 0.2) is 53.2 Å². The van der Waals surface area contributed by atoms with Gasteiger partial charge in [-0.2, -0.15) is 5.10 Å². The zero-order chi connectivity index (χ0) is 17.2. The summed E-state index contributed by atoms with van der Waals surface area (Å²) in [6.07, 6.45) is 4.01. The largest absolute Gasteiger partial charge is 0.375 e. The summed E-state index contributed by atoms with van der Waals surface area (Å²) in [6.45, 7) is 0.00507. The number of thiophene rings is 1. The minimum absolute atomic E-state index is 0.00507. The van der Waals surface area contributed by atoms with Crippen molar-refractivity contribution in [2.45, 2.75) is 12.5 Å². The van der Waals surface area contributed by atoms with E-state index in [0.29, 0.717) is 6.42 Å². The molecule has 6 nitrogen and oxygen atoms in total. The van der Waals surface area contributed by atoms with E-state index in [1.807, 2.05) is 35.7 Å². The van der Waals surface area contributed by atoms with E-state index in [2.05, 4.69) is 15.1 Å². The van der Waals surface area contributed by atoms with Crippen LogP contribution < -0.4 is 0 Å². The molecule has 7 heteroatoms. The Morgan fingerprint density at radius 1 is 1.28 bits per heavy atom. The topological polar surface area (TPSA) is 67.7 Å². The molecular formula is C18H16N4O2S.